The molecule has 0 spiro atoms. The molecule has 0 unspecified atom stereocenters. The Hall–Kier alpha value is -2.65. The Balaban J connectivity index is 1.50. The second kappa shape index (κ2) is 10.6. The summed E-state index contributed by atoms with van der Waals surface area (Å²) in [6, 6.07) is 14.3. The Morgan fingerprint density at radius 2 is 1.68 bits per heavy atom. The SMILES string of the molecule is CC(C)(C)SC[C@H](NC(=O)OCC1c2ccccc2-c2ccccc21)C(=O)N1[C@H](C(=O)O)CSC1(C)C. The third-order valence-electron chi connectivity index (χ3n) is 6.63. The molecule has 0 bridgehead atoms. The van der Waals surface area contributed by atoms with E-state index in [1.807, 2.05) is 71.0 Å². The summed E-state index contributed by atoms with van der Waals surface area (Å²) < 4.78 is 5.54. The first-order valence-electron chi connectivity index (χ1n) is 12.3. The topological polar surface area (TPSA) is 95.9 Å². The lowest BCUT2D eigenvalue weighted by molar-refractivity contribution is -0.151. The van der Waals surface area contributed by atoms with Gasteiger partial charge in [-0.15, -0.1) is 11.8 Å². The predicted molar refractivity (Wildman–Crippen MR) is 149 cm³/mol. The number of carbonyl (C=O) groups excluding carboxylic acids is 2. The average Bonchev–Trinajstić information content (AvgIpc) is 3.33. The average molecular weight is 543 g/mol. The number of hydrogen-bond donors (Lipinski definition) is 2. The number of nitrogens with zero attached hydrogens (tertiary/aromatic N) is 1. The maximum absolute atomic E-state index is 13.7. The van der Waals surface area contributed by atoms with Crippen molar-refractivity contribution in [2.45, 2.75) is 62.2 Å². The van der Waals surface area contributed by atoms with Crippen LogP contribution in [0.1, 0.15) is 51.7 Å². The van der Waals surface area contributed by atoms with Gasteiger partial charge in [0.2, 0.25) is 5.91 Å². The van der Waals surface area contributed by atoms with Crippen molar-refractivity contribution in [3.63, 3.8) is 0 Å². The van der Waals surface area contributed by atoms with Crippen molar-refractivity contribution >= 4 is 41.5 Å². The van der Waals surface area contributed by atoms with Crippen LogP contribution < -0.4 is 5.32 Å². The van der Waals surface area contributed by atoms with Gasteiger partial charge in [-0.3, -0.25) is 4.79 Å². The summed E-state index contributed by atoms with van der Waals surface area (Å²) in [6.07, 6.45) is -0.689. The molecule has 9 heteroatoms. The largest absolute Gasteiger partial charge is 0.480 e. The van der Waals surface area contributed by atoms with Crippen molar-refractivity contribution in [1.29, 1.82) is 0 Å². The third kappa shape index (κ3) is 5.93. The summed E-state index contributed by atoms with van der Waals surface area (Å²) in [4.78, 5) is 39.3. The van der Waals surface area contributed by atoms with Gasteiger partial charge in [-0.05, 0) is 36.1 Å². The van der Waals surface area contributed by atoms with Gasteiger partial charge >= 0.3 is 12.1 Å². The van der Waals surface area contributed by atoms with E-state index >= 15 is 0 Å². The van der Waals surface area contributed by atoms with Gasteiger partial charge in [-0.2, -0.15) is 11.8 Å². The molecule has 0 saturated carbocycles. The number of thioether (sulfide) groups is 2. The molecule has 0 radical (unpaired) electrons. The molecule has 2 atom stereocenters. The van der Waals surface area contributed by atoms with Gasteiger partial charge in [0.05, 0.1) is 4.87 Å². The number of fused-ring (bicyclic) bond motifs is 3. The molecule has 198 valence electrons. The maximum Gasteiger partial charge on any atom is 0.407 e. The quantitative estimate of drug-likeness (QED) is 0.497. The third-order valence-corrected chi connectivity index (χ3v) is 9.38. The van der Waals surface area contributed by atoms with E-state index < -0.39 is 34.9 Å². The lowest BCUT2D eigenvalue weighted by Gasteiger charge is -2.36. The molecule has 2 amide bonds. The minimum atomic E-state index is -1.05. The highest BCUT2D eigenvalue weighted by atomic mass is 32.2. The van der Waals surface area contributed by atoms with Crippen LogP contribution in [-0.2, 0) is 14.3 Å². The van der Waals surface area contributed by atoms with E-state index in [2.05, 4.69) is 17.4 Å². The molecular formula is C28H34N2O5S2. The monoisotopic (exact) mass is 542 g/mol. The first-order chi connectivity index (χ1) is 17.4. The van der Waals surface area contributed by atoms with E-state index in [9.17, 15) is 19.5 Å². The highest BCUT2D eigenvalue weighted by molar-refractivity contribution is 8.01. The molecule has 1 aliphatic heterocycles. The van der Waals surface area contributed by atoms with Gasteiger partial charge in [-0.25, -0.2) is 9.59 Å². The zero-order chi connectivity index (χ0) is 27.0. The maximum atomic E-state index is 13.7. The molecule has 37 heavy (non-hydrogen) atoms. The van der Waals surface area contributed by atoms with Gasteiger partial charge < -0.3 is 20.1 Å². The summed E-state index contributed by atoms with van der Waals surface area (Å²) in [5, 5.41) is 12.5. The fourth-order valence-corrected chi connectivity index (χ4v) is 6.97. The number of nitrogens with one attached hydrogen (secondary N) is 1. The standard InChI is InChI=1S/C28H34N2O5S2/c1-27(2,3)36-15-22(24(31)30-23(25(32)33)16-37-28(30,4)5)29-26(34)35-14-21-19-12-8-6-10-17(19)18-11-7-9-13-20(18)21/h6-13,21-23H,14-16H2,1-5H3,(H,29,34)(H,32,33)/t22-,23-/m0/s1. The summed E-state index contributed by atoms with van der Waals surface area (Å²) in [7, 11) is 0. The molecule has 7 nitrogen and oxygen atoms in total. The van der Waals surface area contributed by atoms with Crippen LogP contribution in [0, 0.1) is 0 Å². The number of ether oxygens (including phenoxy) is 1. The van der Waals surface area contributed by atoms with Crippen LogP contribution in [-0.4, -0.2) is 67.8 Å². The van der Waals surface area contributed by atoms with E-state index in [1.165, 1.54) is 28.4 Å². The number of alkyl carbamates (subject to hydrolysis) is 1. The number of amides is 2. The highest BCUT2D eigenvalue weighted by Gasteiger charge is 2.48. The van der Waals surface area contributed by atoms with Gasteiger partial charge in [0.25, 0.3) is 0 Å². The lowest BCUT2D eigenvalue weighted by atomic mass is 9.98. The zero-order valence-corrected chi connectivity index (χ0v) is 23.4. The van der Waals surface area contributed by atoms with Crippen LogP contribution in [0.2, 0.25) is 0 Å². The summed E-state index contributed by atoms with van der Waals surface area (Å²) in [5.74, 6) is -0.946. The fourth-order valence-electron chi connectivity index (χ4n) is 4.86. The van der Waals surface area contributed by atoms with Crippen LogP contribution in [0.3, 0.4) is 0 Å². The second-order valence-corrected chi connectivity index (χ2v) is 14.2. The number of rotatable bonds is 7. The molecular weight excluding hydrogens is 508 g/mol. The summed E-state index contributed by atoms with van der Waals surface area (Å²) in [6.45, 7) is 9.89. The number of carbonyl (C=O) groups is 3. The number of aliphatic carboxylic acids is 1. The Morgan fingerprint density at radius 3 is 2.22 bits per heavy atom. The molecule has 2 aliphatic rings. The van der Waals surface area contributed by atoms with E-state index in [1.54, 1.807) is 0 Å². The van der Waals surface area contributed by atoms with Crippen LogP contribution in [0.15, 0.2) is 48.5 Å². The van der Waals surface area contributed by atoms with E-state index in [-0.39, 0.29) is 17.3 Å². The molecule has 0 aromatic heterocycles. The Kier molecular flexibility index (Phi) is 7.85. The Bertz CT molecular complexity index is 1150. The second-order valence-electron chi connectivity index (χ2n) is 10.8. The van der Waals surface area contributed by atoms with Crippen LogP contribution in [0.4, 0.5) is 4.79 Å². The molecule has 1 saturated heterocycles. The normalized spacial score (nSPS) is 19.2. The summed E-state index contributed by atoms with van der Waals surface area (Å²) >= 11 is 2.95. The van der Waals surface area contributed by atoms with Crippen molar-refractivity contribution in [2.75, 3.05) is 18.1 Å². The number of carboxylic acids is 1. The fraction of sp³-hybridized carbons (Fsp3) is 0.464. The Labute approximate surface area is 226 Å². The van der Waals surface area contributed by atoms with Crippen molar-refractivity contribution in [3.05, 3.63) is 59.7 Å². The molecule has 2 aromatic carbocycles. The minimum Gasteiger partial charge on any atom is -0.480 e. The first kappa shape index (κ1) is 27.4. The van der Waals surface area contributed by atoms with Crippen LogP contribution >= 0.6 is 23.5 Å². The van der Waals surface area contributed by atoms with Gasteiger partial charge in [0, 0.05) is 22.2 Å². The van der Waals surface area contributed by atoms with Crippen molar-refractivity contribution in [2.24, 2.45) is 0 Å². The number of carboxylic acid groups (broad SMARTS) is 1. The first-order valence-corrected chi connectivity index (χ1v) is 14.3. The van der Waals surface area contributed by atoms with Crippen molar-refractivity contribution in [1.82, 2.24) is 10.2 Å². The van der Waals surface area contributed by atoms with Crippen LogP contribution in [0.5, 0.6) is 0 Å². The van der Waals surface area contributed by atoms with E-state index in [0.29, 0.717) is 11.5 Å². The molecule has 1 aliphatic carbocycles. The smallest absolute Gasteiger partial charge is 0.407 e. The van der Waals surface area contributed by atoms with E-state index in [0.717, 1.165) is 22.3 Å². The van der Waals surface area contributed by atoms with Gasteiger partial charge in [0.1, 0.15) is 18.7 Å². The zero-order valence-electron chi connectivity index (χ0n) is 21.8. The number of hydrogen-bond acceptors (Lipinski definition) is 6. The van der Waals surface area contributed by atoms with Gasteiger partial charge in [0.15, 0.2) is 0 Å². The molecule has 1 heterocycles. The highest BCUT2D eigenvalue weighted by Crippen LogP contribution is 2.44. The van der Waals surface area contributed by atoms with Crippen molar-refractivity contribution < 1.29 is 24.2 Å². The molecule has 1 fully saturated rings. The van der Waals surface area contributed by atoms with Crippen LogP contribution in [0.25, 0.3) is 11.1 Å². The van der Waals surface area contributed by atoms with E-state index in [4.69, 9.17) is 4.74 Å². The Morgan fingerprint density at radius 1 is 1.11 bits per heavy atom. The number of benzene rings is 2. The molecule has 2 N–H and O–H groups in total. The molecule has 2 aromatic rings. The predicted octanol–water partition coefficient (Wildman–Crippen LogP) is 5.19. The lowest BCUT2D eigenvalue weighted by Crippen LogP contribution is -2.58. The molecule has 4 rings (SSSR count). The van der Waals surface area contributed by atoms with Crippen molar-refractivity contribution in [3.8, 4) is 11.1 Å². The van der Waals surface area contributed by atoms with Gasteiger partial charge in [-0.1, -0.05) is 69.3 Å². The summed E-state index contributed by atoms with van der Waals surface area (Å²) in [5.41, 5.74) is 4.48. The minimum absolute atomic E-state index is 0.0958.